The molecule has 0 amide bonds. The highest BCUT2D eigenvalue weighted by Crippen LogP contribution is 2.24. The van der Waals surface area contributed by atoms with Gasteiger partial charge in [0.1, 0.15) is 11.4 Å². The maximum Gasteiger partial charge on any atom is 0.357 e. The van der Waals surface area contributed by atoms with Gasteiger partial charge in [0.05, 0.1) is 26.4 Å². The molecule has 0 fully saturated rings. The SMILES string of the molecule is O=C(Oc1ccc(C=Cc2[nH]c(=O)[nH]c(=O)c2[N+](=O)[O-])cc1)c1cc([N+](=O)[O-])cc([N+](=O)[O-])c1. The number of H-pyrrole nitrogens is 2. The Bertz CT molecular complexity index is 1440. The van der Waals surface area contributed by atoms with Gasteiger partial charge in [-0.3, -0.25) is 40.1 Å². The fourth-order valence-corrected chi connectivity index (χ4v) is 2.72. The van der Waals surface area contributed by atoms with E-state index >= 15 is 0 Å². The van der Waals surface area contributed by atoms with E-state index in [1.54, 1.807) is 4.98 Å². The zero-order chi connectivity index (χ0) is 25.0. The summed E-state index contributed by atoms with van der Waals surface area (Å²) in [6.45, 7) is 0. The molecule has 0 atom stereocenters. The third-order valence-electron chi connectivity index (χ3n) is 4.22. The number of aromatic nitrogens is 2. The van der Waals surface area contributed by atoms with Gasteiger partial charge in [-0.15, -0.1) is 0 Å². The number of nitrogens with one attached hydrogen (secondary N) is 2. The molecule has 34 heavy (non-hydrogen) atoms. The van der Waals surface area contributed by atoms with E-state index in [1.807, 2.05) is 0 Å². The molecule has 3 rings (SSSR count). The van der Waals surface area contributed by atoms with E-state index in [4.69, 9.17) is 4.74 Å². The maximum absolute atomic E-state index is 12.3. The molecule has 1 heterocycles. The molecule has 0 aliphatic carbocycles. The highest BCUT2D eigenvalue weighted by atomic mass is 16.6. The Labute approximate surface area is 186 Å². The molecule has 2 aromatic carbocycles. The molecule has 0 unspecified atom stereocenters. The lowest BCUT2D eigenvalue weighted by Gasteiger charge is -2.05. The normalized spacial score (nSPS) is 10.7. The Morgan fingerprint density at radius 2 is 1.41 bits per heavy atom. The number of nitrogens with zero attached hydrogens (tertiary/aromatic N) is 3. The van der Waals surface area contributed by atoms with Gasteiger partial charge in [0.15, 0.2) is 0 Å². The van der Waals surface area contributed by atoms with Crippen LogP contribution < -0.4 is 16.0 Å². The average molecular weight is 469 g/mol. The van der Waals surface area contributed by atoms with Crippen molar-refractivity contribution >= 4 is 35.2 Å². The van der Waals surface area contributed by atoms with Crippen molar-refractivity contribution < 1.29 is 24.3 Å². The van der Waals surface area contributed by atoms with Crippen LogP contribution in [-0.4, -0.2) is 30.7 Å². The number of nitro groups is 3. The Morgan fingerprint density at radius 3 is 1.94 bits per heavy atom. The molecular formula is C19H11N5O10. The van der Waals surface area contributed by atoms with Gasteiger partial charge < -0.3 is 9.72 Å². The molecular weight excluding hydrogens is 458 g/mol. The van der Waals surface area contributed by atoms with Crippen molar-refractivity contribution in [3.05, 3.63) is 110 Å². The summed E-state index contributed by atoms with van der Waals surface area (Å²) in [7, 11) is 0. The molecule has 1 aromatic heterocycles. The van der Waals surface area contributed by atoms with Gasteiger partial charge >= 0.3 is 22.9 Å². The molecule has 0 radical (unpaired) electrons. The number of non-ortho nitro benzene ring substituents is 2. The first-order valence-corrected chi connectivity index (χ1v) is 9.00. The second-order valence-corrected chi connectivity index (χ2v) is 6.47. The molecule has 0 bridgehead atoms. The average Bonchev–Trinajstić information content (AvgIpc) is 2.77. The lowest BCUT2D eigenvalue weighted by molar-refractivity contribution is -0.394. The summed E-state index contributed by atoms with van der Waals surface area (Å²) in [5.74, 6) is -1.08. The standard InChI is InChI=1S/C19H11N5O10/c25-17-16(24(32)33)15(20-19(27)21-17)6-3-10-1-4-14(5-2-10)34-18(26)11-7-12(22(28)29)9-13(8-11)23(30)31/h1-9H,(H2,20,21,25,27). The zero-order valence-corrected chi connectivity index (χ0v) is 16.6. The fraction of sp³-hybridized carbons (Fsp3) is 0. The van der Waals surface area contributed by atoms with Crippen LogP contribution in [0.1, 0.15) is 21.6 Å². The molecule has 0 saturated carbocycles. The molecule has 15 heteroatoms. The third-order valence-corrected chi connectivity index (χ3v) is 4.22. The number of nitro benzene ring substituents is 2. The van der Waals surface area contributed by atoms with E-state index in [9.17, 15) is 44.7 Å². The predicted octanol–water partition coefficient (Wildman–Crippen LogP) is 2.18. The van der Waals surface area contributed by atoms with E-state index < -0.39 is 54.6 Å². The van der Waals surface area contributed by atoms with Gasteiger partial charge in [0.25, 0.3) is 11.4 Å². The number of carbonyl (C=O) groups excluding carboxylic acids is 1. The number of esters is 1. The molecule has 0 spiro atoms. The highest BCUT2D eigenvalue weighted by Gasteiger charge is 2.21. The number of carbonyl (C=O) groups is 1. The van der Waals surface area contributed by atoms with E-state index in [-0.39, 0.29) is 11.4 Å². The van der Waals surface area contributed by atoms with E-state index in [0.29, 0.717) is 11.6 Å². The zero-order valence-electron chi connectivity index (χ0n) is 16.6. The van der Waals surface area contributed by atoms with Crippen molar-refractivity contribution in [2.24, 2.45) is 0 Å². The number of rotatable bonds is 7. The van der Waals surface area contributed by atoms with Crippen molar-refractivity contribution in [1.82, 2.24) is 9.97 Å². The summed E-state index contributed by atoms with van der Waals surface area (Å²) in [5.41, 5.74) is -4.58. The van der Waals surface area contributed by atoms with Crippen LogP contribution in [0.2, 0.25) is 0 Å². The second kappa shape index (κ2) is 9.35. The van der Waals surface area contributed by atoms with Gasteiger partial charge in [-0.05, 0) is 23.8 Å². The molecule has 3 aromatic rings. The summed E-state index contributed by atoms with van der Waals surface area (Å²) in [6.07, 6.45) is 2.48. The van der Waals surface area contributed by atoms with Crippen molar-refractivity contribution in [3.8, 4) is 5.75 Å². The Hall–Kier alpha value is -5.47. The van der Waals surface area contributed by atoms with Gasteiger partial charge in [-0.25, -0.2) is 9.59 Å². The van der Waals surface area contributed by atoms with Crippen LogP contribution in [0.3, 0.4) is 0 Å². The van der Waals surface area contributed by atoms with E-state index in [1.165, 1.54) is 30.3 Å². The Balaban J connectivity index is 1.81. The van der Waals surface area contributed by atoms with Crippen LogP contribution >= 0.6 is 0 Å². The van der Waals surface area contributed by atoms with Gasteiger partial charge in [0, 0.05) is 12.1 Å². The molecule has 172 valence electrons. The quantitative estimate of drug-likeness (QED) is 0.222. The smallest absolute Gasteiger partial charge is 0.357 e. The topological polar surface area (TPSA) is 221 Å². The van der Waals surface area contributed by atoms with E-state index in [2.05, 4.69) is 4.98 Å². The minimum absolute atomic E-state index is 0.00754. The largest absolute Gasteiger partial charge is 0.423 e. The van der Waals surface area contributed by atoms with Crippen molar-refractivity contribution in [3.63, 3.8) is 0 Å². The number of aromatic amines is 2. The minimum atomic E-state index is -1.17. The second-order valence-electron chi connectivity index (χ2n) is 6.47. The lowest BCUT2D eigenvalue weighted by Crippen LogP contribution is -2.25. The first-order valence-electron chi connectivity index (χ1n) is 9.00. The summed E-state index contributed by atoms with van der Waals surface area (Å²) >= 11 is 0. The van der Waals surface area contributed by atoms with Gasteiger partial charge in [-0.1, -0.05) is 18.2 Å². The predicted molar refractivity (Wildman–Crippen MR) is 114 cm³/mol. The van der Waals surface area contributed by atoms with E-state index in [0.717, 1.165) is 18.2 Å². The van der Waals surface area contributed by atoms with Crippen molar-refractivity contribution in [1.29, 1.82) is 0 Å². The molecule has 15 nitrogen and oxygen atoms in total. The Morgan fingerprint density at radius 1 is 0.824 bits per heavy atom. The Kier molecular flexibility index (Phi) is 6.38. The molecule has 0 aliphatic heterocycles. The number of benzene rings is 2. The molecule has 0 aliphatic rings. The maximum atomic E-state index is 12.3. The summed E-state index contributed by atoms with van der Waals surface area (Å²) in [6, 6.07) is 7.86. The van der Waals surface area contributed by atoms with Crippen LogP contribution in [0.5, 0.6) is 5.75 Å². The lowest BCUT2D eigenvalue weighted by atomic mass is 10.1. The summed E-state index contributed by atoms with van der Waals surface area (Å²) < 4.78 is 5.08. The number of ether oxygens (including phenoxy) is 1. The van der Waals surface area contributed by atoms with Crippen molar-refractivity contribution in [2.75, 3.05) is 0 Å². The van der Waals surface area contributed by atoms with Crippen LogP contribution in [0.25, 0.3) is 12.2 Å². The van der Waals surface area contributed by atoms with Crippen LogP contribution in [0.4, 0.5) is 17.1 Å². The monoisotopic (exact) mass is 469 g/mol. The third kappa shape index (κ3) is 5.22. The van der Waals surface area contributed by atoms with Crippen LogP contribution in [-0.2, 0) is 0 Å². The fourth-order valence-electron chi connectivity index (χ4n) is 2.72. The number of hydrogen-bond donors (Lipinski definition) is 2. The molecule has 2 N–H and O–H groups in total. The summed E-state index contributed by atoms with van der Waals surface area (Å²) in [5, 5.41) is 33.0. The highest BCUT2D eigenvalue weighted by molar-refractivity contribution is 5.92. The molecule has 0 saturated heterocycles. The van der Waals surface area contributed by atoms with Gasteiger partial charge in [-0.2, -0.15) is 0 Å². The van der Waals surface area contributed by atoms with Crippen LogP contribution in [0, 0.1) is 30.3 Å². The first kappa shape index (κ1) is 23.2. The van der Waals surface area contributed by atoms with Crippen molar-refractivity contribution in [2.45, 2.75) is 0 Å². The number of hydrogen-bond acceptors (Lipinski definition) is 10. The first-order chi connectivity index (χ1) is 16.0. The van der Waals surface area contributed by atoms with Gasteiger partial charge in [0.2, 0.25) is 0 Å². The summed E-state index contributed by atoms with van der Waals surface area (Å²) in [4.78, 5) is 69.5. The van der Waals surface area contributed by atoms with Crippen LogP contribution in [0.15, 0.2) is 52.1 Å². The minimum Gasteiger partial charge on any atom is -0.423 e.